The minimum atomic E-state index is -0.289. The van der Waals surface area contributed by atoms with Crippen molar-refractivity contribution in [3.8, 4) is 0 Å². The number of hydrogen-bond acceptors (Lipinski definition) is 3. The summed E-state index contributed by atoms with van der Waals surface area (Å²) in [6.45, 7) is 4.67. The topological polar surface area (TPSA) is 55.9 Å². The van der Waals surface area contributed by atoms with Crippen LogP contribution in [0.25, 0.3) is 0 Å². The highest BCUT2D eigenvalue weighted by molar-refractivity contribution is 6.32. The fourth-order valence-corrected chi connectivity index (χ4v) is 2.61. The minimum Gasteiger partial charge on any atom is -0.271 e. The van der Waals surface area contributed by atoms with Gasteiger partial charge in [0, 0.05) is 11.6 Å². The molecule has 0 saturated heterocycles. The van der Waals surface area contributed by atoms with Crippen molar-refractivity contribution in [3.05, 3.63) is 51.3 Å². The first kappa shape index (κ1) is 14.3. The van der Waals surface area contributed by atoms with Gasteiger partial charge in [-0.25, -0.2) is 5.43 Å². The van der Waals surface area contributed by atoms with Gasteiger partial charge in [0.15, 0.2) is 0 Å². The summed E-state index contributed by atoms with van der Waals surface area (Å²) in [5.74, 6) is 5.70. The summed E-state index contributed by atoms with van der Waals surface area (Å²) in [6.07, 6.45) is 1.62. The van der Waals surface area contributed by atoms with Crippen LogP contribution in [-0.4, -0.2) is 9.78 Å². The second kappa shape index (κ2) is 5.92. The van der Waals surface area contributed by atoms with E-state index in [9.17, 15) is 0 Å². The van der Waals surface area contributed by atoms with Crippen LogP contribution in [0.5, 0.6) is 0 Å². The highest BCUT2D eigenvalue weighted by Gasteiger charge is 2.23. The lowest BCUT2D eigenvalue weighted by Crippen LogP contribution is -2.31. The van der Waals surface area contributed by atoms with E-state index in [1.807, 2.05) is 36.7 Å². The van der Waals surface area contributed by atoms with E-state index >= 15 is 0 Å². The molecule has 0 spiro atoms. The van der Waals surface area contributed by atoms with Gasteiger partial charge in [-0.05, 0) is 25.0 Å². The van der Waals surface area contributed by atoms with Crippen molar-refractivity contribution < 1.29 is 0 Å². The largest absolute Gasteiger partial charge is 0.271 e. The molecule has 0 radical (unpaired) electrons. The molecule has 2 rings (SSSR count). The molecular weight excluding hydrogens is 283 g/mol. The van der Waals surface area contributed by atoms with Crippen LogP contribution in [0.2, 0.25) is 10.0 Å². The van der Waals surface area contributed by atoms with Gasteiger partial charge in [-0.2, -0.15) is 5.10 Å². The lowest BCUT2D eigenvalue weighted by atomic mass is 10.0. The first-order valence-corrected chi connectivity index (χ1v) is 6.78. The van der Waals surface area contributed by atoms with E-state index in [4.69, 9.17) is 29.0 Å². The Balaban J connectivity index is 2.56. The van der Waals surface area contributed by atoms with Gasteiger partial charge in [0.25, 0.3) is 0 Å². The maximum Gasteiger partial charge on any atom is 0.0907 e. The van der Waals surface area contributed by atoms with E-state index in [0.717, 1.165) is 16.8 Å². The lowest BCUT2D eigenvalue weighted by Gasteiger charge is -2.20. The number of rotatable bonds is 4. The third kappa shape index (κ3) is 2.62. The number of halogens is 2. The standard InChI is InChI=1S/C13H16Cl2N4/c1-3-19-13(10(14)7-17-19)12(18-16)9-6-4-5-8(2)11(9)15/h4-7,12,18H,3,16H2,1-2H3. The molecule has 19 heavy (non-hydrogen) atoms. The van der Waals surface area contributed by atoms with Gasteiger partial charge in [-0.15, -0.1) is 0 Å². The van der Waals surface area contributed by atoms with Crippen LogP contribution in [0.15, 0.2) is 24.4 Å². The van der Waals surface area contributed by atoms with E-state index in [-0.39, 0.29) is 6.04 Å². The third-order valence-electron chi connectivity index (χ3n) is 3.11. The molecule has 3 N–H and O–H groups in total. The summed E-state index contributed by atoms with van der Waals surface area (Å²) in [4.78, 5) is 0. The van der Waals surface area contributed by atoms with Crippen molar-refractivity contribution in [2.45, 2.75) is 26.4 Å². The zero-order chi connectivity index (χ0) is 14.0. The van der Waals surface area contributed by atoms with Crippen LogP contribution in [0, 0.1) is 6.92 Å². The predicted molar refractivity (Wildman–Crippen MR) is 78.3 cm³/mol. The van der Waals surface area contributed by atoms with Crippen molar-refractivity contribution in [1.29, 1.82) is 0 Å². The van der Waals surface area contributed by atoms with Crippen LogP contribution < -0.4 is 11.3 Å². The molecule has 0 aliphatic rings. The molecule has 6 heteroatoms. The van der Waals surface area contributed by atoms with Crippen LogP contribution in [-0.2, 0) is 6.54 Å². The lowest BCUT2D eigenvalue weighted by molar-refractivity contribution is 0.543. The van der Waals surface area contributed by atoms with Crippen LogP contribution in [0.1, 0.15) is 29.8 Å². The van der Waals surface area contributed by atoms with Crippen LogP contribution in [0.3, 0.4) is 0 Å². The zero-order valence-electron chi connectivity index (χ0n) is 10.8. The first-order valence-electron chi connectivity index (χ1n) is 6.02. The SMILES string of the molecule is CCn1ncc(Cl)c1C(NN)c1cccc(C)c1Cl. The van der Waals surface area contributed by atoms with E-state index in [0.29, 0.717) is 16.6 Å². The average Bonchev–Trinajstić information content (AvgIpc) is 2.77. The molecule has 0 fully saturated rings. The van der Waals surface area contributed by atoms with Crippen LogP contribution >= 0.6 is 23.2 Å². The van der Waals surface area contributed by atoms with Gasteiger partial charge >= 0.3 is 0 Å². The maximum absolute atomic E-state index is 6.36. The second-order valence-electron chi connectivity index (χ2n) is 4.27. The predicted octanol–water partition coefficient (Wildman–Crippen LogP) is 3.07. The normalized spacial score (nSPS) is 12.7. The maximum atomic E-state index is 6.36. The van der Waals surface area contributed by atoms with E-state index in [1.54, 1.807) is 6.20 Å². The molecule has 1 unspecified atom stereocenters. The summed E-state index contributed by atoms with van der Waals surface area (Å²) >= 11 is 12.6. The number of aromatic nitrogens is 2. The Bertz CT molecular complexity index is 580. The number of hydrogen-bond donors (Lipinski definition) is 2. The fraction of sp³-hybridized carbons (Fsp3) is 0.308. The third-order valence-corrected chi connectivity index (χ3v) is 3.91. The van der Waals surface area contributed by atoms with Gasteiger partial charge in [-0.1, -0.05) is 41.4 Å². The molecule has 1 heterocycles. The Kier molecular flexibility index (Phi) is 4.47. The summed E-state index contributed by atoms with van der Waals surface area (Å²) < 4.78 is 1.81. The molecule has 0 aliphatic carbocycles. The Hall–Kier alpha value is -1.07. The number of nitrogens with one attached hydrogen (secondary N) is 1. The Morgan fingerprint density at radius 1 is 1.42 bits per heavy atom. The Morgan fingerprint density at radius 2 is 2.16 bits per heavy atom. The molecule has 0 amide bonds. The Morgan fingerprint density at radius 3 is 2.79 bits per heavy atom. The van der Waals surface area contributed by atoms with Crippen molar-refractivity contribution >= 4 is 23.2 Å². The molecule has 1 atom stereocenters. The highest BCUT2D eigenvalue weighted by Crippen LogP contribution is 2.33. The fourth-order valence-electron chi connectivity index (χ4n) is 2.12. The summed E-state index contributed by atoms with van der Waals surface area (Å²) in [5, 5.41) is 5.48. The average molecular weight is 299 g/mol. The summed E-state index contributed by atoms with van der Waals surface area (Å²) in [6, 6.07) is 5.55. The Labute approximate surface area is 122 Å². The summed E-state index contributed by atoms with van der Waals surface area (Å²) in [7, 11) is 0. The van der Waals surface area contributed by atoms with E-state index in [1.165, 1.54) is 0 Å². The zero-order valence-corrected chi connectivity index (χ0v) is 12.3. The molecule has 2 aromatic rings. The van der Waals surface area contributed by atoms with Gasteiger partial charge in [0.2, 0.25) is 0 Å². The number of nitrogens with zero attached hydrogens (tertiary/aromatic N) is 2. The first-order chi connectivity index (χ1) is 9.10. The van der Waals surface area contributed by atoms with Gasteiger partial charge in [-0.3, -0.25) is 10.5 Å². The molecule has 1 aromatic heterocycles. The van der Waals surface area contributed by atoms with Crippen molar-refractivity contribution in [2.75, 3.05) is 0 Å². The number of hydrazine groups is 1. The number of aryl methyl sites for hydroxylation is 2. The molecule has 0 bridgehead atoms. The molecule has 4 nitrogen and oxygen atoms in total. The quantitative estimate of drug-likeness (QED) is 0.674. The molecular formula is C13H16Cl2N4. The smallest absolute Gasteiger partial charge is 0.0907 e. The van der Waals surface area contributed by atoms with E-state index < -0.39 is 0 Å². The van der Waals surface area contributed by atoms with Gasteiger partial charge in [0.05, 0.1) is 23.0 Å². The van der Waals surface area contributed by atoms with Gasteiger partial charge < -0.3 is 0 Å². The van der Waals surface area contributed by atoms with Crippen molar-refractivity contribution in [1.82, 2.24) is 15.2 Å². The molecule has 102 valence electrons. The second-order valence-corrected chi connectivity index (χ2v) is 5.06. The number of benzene rings is 1. The van der Waals surface area contributed by atoms with Crippen molar-refractivity contribution in [2.24, 2.45) is 5.84 Å². The van der Waals surface area contributed by atoms with Crippen LogP contribution in [0.4, 0.5) is 0 Å². The molecule has 1 aromatic carbocycles. The minimum absolute atomic E-state index is 0.289. The van der Waals surface area contributed by atoms with Crippen molar-refractivity contribution in [3.63, 3.8) is 0 Å². The van der Waals surface area contributed by atoms with E-state index in [2.05, 4.69) is 10.5 Å². The monoisotopic (exact) mass is 298 g/mol. The highest BCUT2D eigenvalue weighted by atomic mass is 35.5. The van der Waals surface area contributed by atoms with Gasteiger partial charge in [0.1, 0.15) is 0 Å². The molecule has 0 saturated carbocycles. The number of nitrogens with two attached hydrogens (primary N) is 1. The molecule has 0 aliphatic heterocycles. The summed E-state index contributed by atoms with van der Waals surface area (Å²) in [5.41, 5.74) is 5.48.